The van der Waals surface area contributed by atoms with Gasteiger partial charge in [-0.15, -0.1) is 0 Å². The second kappa shape index (κ2) is 498. The van der Waals surface area contributed by atoms with Gasteiger partial charge in [-0.1, -0.05) is 6.92 Å². The molecule has 0 radical (unpaired) electrons. The van der Waals surface area contributed by atoms with Gasteiger partial charge in [0.2, 0.25) is 0 Å². The maximum atomic E-state index is 3.74. The van der Waals surface area contributed by atoms with Crippen LogP contribution >= 0.6 is 0 Å². The van der Waals surface area contributed by atoms with Gasteiger partial charge in [-0.2, -0.15) is 70.0 Å². The van der Waals surface area contributed by atoms with Crippen LogP contribution in [0.3, 0.4) is 0 Å². The minimum Gasteiger partial charge on any atom is -0.358 e. The fourth-order valence-corrected chi connectivity index (χ4v) is 0. The van der Waals surface area contributed by atoms with E-state index in [1.54, 1.807) is 98.7 Å². The van der Waals surface area contributed by atoms with Crippen molar-refractivity contribution < 1.29 is 103 Å². The van der Waals surface area contributed by atoms with Gasteiger partial charge in [0.25, 0.3) is 0 Å². The molecular formula is C31H91N11V6-18. The molecule has 48 heavy (non-hydrogen) atoms. The molecule has 0 aliphatic heterocycles. The Morgan fingerprint density at radius 3 is 0.375 bits per heavy atom. The molecule has 0 aromatic carbocycles. The summed E-state index contributed by atoms with van der Waals surface area (Å²) in [6, 6.07) is 0. The van der Waals surface area contributed by atoms with Gasteiger partial charge in [0.15, 0.2) is 0 Å². The number of nitrogens with zero attached hydrogens (tertiary/aromatic N) is 11. The fraction of sp³-hybridized carbons (Fsp3) is 0.581. The van der Waals surface area contributed by atoms with Crippen molar-refractivity contribution in [1.82, 2.24) is 0 Å². The molecule has 0 saturated heterocycles. The molecule has 0 saturated carbocycles. The topological polar surface area (TPSA) is 145 Å². The van der Waals surface area contributed by atoms with Gasteiger partial charge in [-0.3, -0.25) is 0 Å². The Morgan fingerprint density at radius 2 is 0.375 bits per heavy atom. The first-order valence-electron chi connectivity index (χ1n) is 9.51. The third-order valence-corrected chi connectivity index (χ3v) is 0.899. The van der Waals surface area contributed by atoms with E-state index in [0.717, 1.165) is 13.1 Å². The molecule has 0 fully saturated rings. The average Bonchev–Trinajstić information content (AvgIpc) is 2.79. The Kier molecular flexibility index (Phi) is 1840. The van der Waals surface area contributed by atoms with Gasteiger partial charge in [0, 0.05) is 0 Å². The van der Waals surface area contributed by atoms with Crippen LogP contribution in [-0.4, -0.2) is 112 Å². The SMILES string of the molecule is CC[N-]C.CC[N]=[V].C[N-]C.C[N-]C.C[N-]C.C[N-]C.C[N]=[V].C[N]=[V].C[N]=[V].C[N]=[V].C[N]=[V].[CH3-].[CH3-].[CH3-].[CH3-].[CH3-].[CH3-].[CH3-].[CH3-].[CH3-].[CH3-].[CH3-].[CH3-].[CH3-]. The van der Waals surface area contributed by atoms with Crippen molar-refractivity contribution in [2.24, 2.45) is 22.7 Å². The van der Waals surface area contributed by atoms with Gasteiger partial charge in [-0.05, 0) is 0 Å². The first-order chi connectivity index (χ1) is 16.6. The van der Waals surface area contributed by atoms with Crippen LogP contribution in [0.15, 0.2) is 22.7 Å². The molecule has 17 heteroatoms. The number of rotatable bonds is 2. The zero-order valence-electron chi connectivity index (χ0n) is 38.0. The van der Waals surface area contributed by atoms with E-state index < -0.39 is 0 Å². The van der Waals surface area contributed by atoms with Crippen molar-refractivity contribution in [2.75, 3.05) is 112 Å². The summed E-state index contributed by atoms with van der Waals surface area (Å²) in [5.74, 6) is 0. The molecule has 0 rings (SSSR count). The van der Waals surface area contributed by atoms with E-state index in [4.69, 9.17) is 0 Å². The Hall–Kier alpha value is 2.11. The summed E-state index contributed by atoms with van der Waals surface area (Å²) in [7, 11) is 24.4. The van der Waals surface area contributed by atoms with Crippen LogP contribution in [0.25, 0.3) is 26.6 Å². The van der Waals surface area contributed by atoms with Crippen LogP contribution < -0.4 is 0 Å². The molecule has 0 atom stereocenters. The first kappa shape index (κ1) is 177. The van der Waals surface area contributed by atoms with Gasteiger partial charge < -0.3 is 123 Å². The standard InChI is InChI=1S/C3H8N.4C2H6N.C2H5N.5CH3N.13CH3.6V/c1-3-4-2;4*1-3-2;1-2-3;5*1-2;;;;;;;;;;;;;;;;;;;/h3H2,1-2H3;4*1-2H3;2H2,1H3;5*1H3;13*1H3;;;;;;/q5*-1;;;;;;;13*-1;;;;;;. The molecule has 0 amide bonds. The number of hydrogen-bond acceptors (Lipinski definition) is 6. The van der Waals surface area contributed by atoms with E-state index >= 15 is 0 Å². The van der Waals surface area contributed by atoms with Crippen molar-refractivity contribution in [3.63, 3.8) is 0 Å². The monoisotopic (exact) mass is 923 g/mol. The van der Waals surface area contributed by atoms with Crippen LogP contribution in [0.1, 0.15) is 13.8 Å². The molecule has 0 N–H and O–H groups in total. The summed E-state index contributed by atoms with van der Waals surface area (Å²) >= 11 is 12.6. The van der Waals surface area contributed by atoms with Crippen LogP contribution in [0.5, 0.6) is 0 Å². The molecule has 0 heterocycles. The molecule has 0 aromatic rings. The first-order valence-corrected chi connectivity index (χ1v) is 13.3. The maximum absolute atomic E-state index is 3.74. The summed E-state index contributed by atoms with van der Waals surface area (Å²) < 4.78 is 20.9. The van der Waals surface area contributed by atoms with Gasteiger partial charge >= 0.3 is 175 Å². The fourth-order valence-electron chi connectivity index (χ4n) is 0. The zero-order chi connectivity index (χ0) is 31.2. The molecule has 318 valence electrons. The van der Waals surface area contributed by atoms with Crippen molar-refractivity contribution >= 4 is 0 Å². The predicted molar refractivity (Wildman–Crippen MR) is 219 cm³/mol. The van der Waals surface area contributed by atoms with Crippen LogP contribution in [0.2, 0.25) is 0 Å². The smallest absolute Gasteiger partial charge is 0.358 e. The third kappa shape index (κ3) is 6330. The number of hydrogen-bond donors (Lipinski definition) is 0. The second-order valence-corrected chi connectivity index (χ2v) is 7.44. The Morgan fingerprint density at radius 1 is 0.333 bits per heavy atom. The summed E-state index contributed by atoms with van der Waals surface area (Å²) in [6.07, 6.45) is 0. The molecule has 0 bridgehead atoms. The molecule has 0 unspecified atom stereocenters. The quantitative estimate of drug-likeness (QED) is 0.243. The van der Waals surface area contributed by atoms with Crippen molar-refractivity contribution in [3.05, 3.63) is 123 Å². The van der Waals surface area contributed by atoms with E-state index in [0.29, 0.717) is 0 Å². The van der Waals surface area contributed by atoms with E-state index in [9.17, 15) is 0 Å². The Balaban J connectivity index is -0.00000000585. The van der Waals surface area contributed by atoms with Gasteiger partial charge in [0.1, 0.15) is 0 Å². The Labute approximate surface area is 371 Å². The van der Waals surface area contributed by atoms with Crippen LogP contribution in [0.4, 0.5) is 0 Å². The van der Waals surface area contributed by atoms with Crippen molar-refractivity contribution in [3.8, 4) is 0 Å². The van der Waals surface area contributed by atoms with Crippen LogP contribution in [-0.2, 0) is 103 Å². The molecule has 0 aromatic heterocycles. The van der Waals surface area contributed by atoms with E-state index in [1.807, 2.05) is 13.8 Å². The molecular weight excluding hydrogens is 832 g/mol. The van der Waals surface area contributed by atoms with E-state index in [1.165, 1.54) is 0 Å². The zero-order valence-corrected chi connectivity index (χ0v) is 46.4. The Bertz CT molecular complexity index is 236. The minimum absolute atomic E-state index is 0. The third-order valence-electron chi connectivity index (χ3n) is 0.458. The van der Waals surface area contributed by atoms with Crippen LogP contribution in [0, 0.1) is 96.5 Å². The van der Waals surface area contributed by atoms with Gasteiger partial charge in [0.05, 0.1) is 0 Å². The molecule has 11 nitrogen and oxygen atoms in total. The summed E-state index contributed by atoms with van der Waals surface area (Å²) in [5, 5.41) is 17.7. The maximum Gasteiger partial charge on any atom is -0.358 e. The minimum atomic E-state index is 0. The molecule has 0 spiro atoms. The van der Waals surface area contributed by atoms with E-state index in [2.05, 4.69) is 153 Å². The summed E-state index contributed by atoms with van der Waals surface area (Å²) in [4.78, 5) is 0. The molecule has 0 aliphatic rings. The summed E-state index contributed by atoms with van der Waals surface area (Å²) in [6.45, 7) is 5.87. The van der Waals surface area contributed by atoms with Crippen molar-refractivity contribution in [1.29, 1.82) is 0 Å². The second-order valence-electron chi connectivity index (χ2n) is 3.88. The molecule has 0 aliphatic carbocycles. The van der Waals surface area contributed by atoms with Gasteiger partial charge in [-0.25, -0.2) is 0 Å². The normalized spacial score (nSPS) is 3.88. The van der Waals surface area contributed by atoms with E-state index in [-0.39, 0.29) is 96.5 Å². The van der Waals surface area contributed by atoms with Crippen molar-refractivity contribution in [2.45, 2.75) is 13.8 Å². The summed E-state index contributed by atoms with van der Waals surface area (Å²) in [5.41, 5.74) is 0. The average molecular weight is 924 g/mol. The predicted octanol–water partition coefficient (Wildman–Crippen LogP) is 11.8. The largest absolute Gasteiger partial charge is 0.358 e.